The molecule has 0 bridgehead atoms. The first-order valence-electron chi connectivity index (χ1n) is 8.56. The average molecular weight is 319 g/mol. The van der Waals surface area contributed by atoms with E-state index in [2.05, 4.69) is 41.4 Å². The second-order valence-corrected chi connectivity index (χ2v) is 6.35. The number of carbonyl (C=O) groups is 1. The fourth-order valence-electron chi connectivity index (χ4n) is 3.21. The van der Waals surface area contributed by atoms with E-state index in [0.29, 0.717) is 19.0 Å². The molecule has 1 saturated heterocycles. The third-order valence-electron chi connectivity index (χ3n) is 4.59. The van der Waals surface area contributed by atoms with Gasteiger partial charge in [0.25, 0.3) is 0 Å². The maximum atomic E-state index is 12.2. The molecule has 2 N–H and O–H groups in total. The van der Waals surface area contributed by atoms with E-state index in [1.54, 1.807) is 4.90 Å². The van der Waals surface area contributed by atoms with Crippen LogP contribution in [0.3, 0.4) is 0 Å². The molecule has 5 heteroatoms. The summed E-state index contributed by atoms with van der Waals surface area (Å²) in [5.41, 5.74) is 1.34. The van der Waals surface area contributed by atoms with Gasteiger partial charge >= 0.3 is 6.03 Å². The third kappa shape index (κ3) is 5.22. The number of aliphatic hydroxyl groups is 1. The fourth-order valence-corrected chi connectivity index (χ4v) is 3.21. The first kappa shape index (κ1) is 17.8. The van der Waals surface area contributed by atoms with Gasteiger partial charge in [-0.05, 0) is 24.8 Å². The van der Waals surface area contributed by atoms with Crippen LogP contribution in [0.2, 0.25) is 0 Å². The van der Waals surface area contributed by atoms with Crippen molar-refractivity contribution in [2.24, 2.45) is 5.92 Å². The molecular formula is C18H29N3O2. The first-order valence-corrected chi connectivity index (χ1v) is 8.56. The molecule has 0 saturated carbocycles. The Kier molecular flexibility index (Phi) is 6.86. The van der Waals surface area contributed by atoms with Crippen molar-refractivity contribution in [3.05, 3.63) is 35.9 Å². The van der Waals surface area contributed by atoms with Crippen LogP contribution in [-0.4, -0.2) is 59.8 Å². The number of hydrogen-bond acceptors (Lipinski definition) is 3. The lowest BCUT2D eigenvalue weighted by atomic mass is 9.93. The molecule has 0 aromatic heterocycles. The zero-order valence-corrected chi connectivity index (χ0v) is 14.2. The SMILES string of the molecule is CCN(CCO)C(=O)NC1CCN(Cc2ccccc2)CC1C. The van der Waals surface area contributed by atoms with E-state index in [-0.39, 0.29) is 18.7 Å². The molecule has 1 aromatic carbocycles. The third-order valence-corrected chi connectivity index (χ3v) is 4.59. The highest BCUT2D eigenvalue weighted by atomic mass is 16.3. The second kappa shape index (κ2) is 8.89. The first-order chi connectivity index (χ1) is 11.1. The van der Waals surface area contributed by atoms with Crippen LogP contribution in [0, 0.1) is 5.92 Å². The second-order valence-electron chi connectivity index (χ2n) is 6.35. The topological polar surface area (TPSA) is 55.8 Å². The number of likely N-dealkylation sites (N-methyl/N-ethyl adjacent to an activating group) is 1. The number of nitrogens with one attached hydrogen (secondary N) is 1. The maximum absolute atomic E-state index is 12.2. The predicted molar refractivity (Wildman–Crippen MR) is 92.2 cm³/mol. The lowest BCUT2D eigenvalue weighted by Crippen LogP contribution is -2.53. The highest BCUT2D eigenvalue weighted by Crippen LogP contribution is 2.19. The summed E-state index contributed by atoms with van der Waals surface area (Å²) < 4.78 is 0. The number of benzene rings is 1. The number of nitrogens with zero attached hydrogens (tertiary/aromatic N) is 2. The molecule has 5 nitrogen and oxygen atoms in total. The van der Waals surface area contributed by atoms with Crippen molar-refractivity contribution in [2.45, 2.75) is 32.9 Å². The Labute approximate surface area is 139 Å². The Morgan fingerprint density at radius 2 is 2.13 bits per heavy atom. The summed E-state index contributed by atoms with van der Waals surface area (Å²) in [6.07, 6.45) is 0.969. The zero-order chi connectivity index (χ0) is 16.7. The van der Waals surface area contributed by atoms with Crippen LogP contribution < -0.4 is 5.32 Å². The van der Waals surface area contributed by atoms with Gasteiger partial charge in [-0.2, -0.15) is 0 Å². The monoisotopic (exact) mass is 319 g/mol. The largest absolute Gasteiger partial charge is 0.395 e. The predicted octanol–water partition coefficient (Wildman–Crippen LogP) is 1.92. The van der Waals surface area contributed by atoms with Crippen molar-refractivity contribution in [3.8, 4) is 0 Å². The highest BCUT2D eigenvalue weighted by molar-refractivity contribution is 5.74. The number of carbonyl (C=O) groups excluding carboxylic acids is 1. The summed E-state index contributed by atoms with van der Waals surface area (Å²) in [4.78, 5) is 16.3. The number of urea groups is 1. The molecule has 1 heterocycles. The Bertz CT molecular complexity index is 480. The number of piperidine rings is 1. The van der Waals surface area contributed by atoms with E-state index < -0.39 is 0 Å². The zero-order valence-electron chi connectivity index (χ0n) is 14.2. The molecular weight excluding hydrogens is 290 g/mol. The smallest absolute Gasteiger partial charge is 0.317 e. The van der Waals surface area contributed by atoms with Crippen LogP contribution in [-0.2, 0) is 6.54 Å². The van der Waals surface area contributed by atoms with Gasteiger partial charge in [-0.1, -0.05) is 37.3 Å². The van der Waals surface area contributed by atoms with Crippen LogP contribution in [0.15, 0.2) is 30.3 Å². The van der Waals surface area contributed by atoms with Gasteiger partial charge in [-0.3, -0.25) is 4.90 Å². The van der Waals surface area contributed by atoms with Crippen molar-refractivity contribution in [1.82, 2.24) is 15.1 Å². The van der Waals surface area contributed by atoms with Crippen molar-refractivity contribution < 1.29 is 9.90 Å². The van der Waals surface area contributed by atoms with E-state index in [0.717, 1.165) is 26.1 Å². The standard InChI is InChI=1S/C18H29N3O2/c1-3-21(11-12-22)18(23)19-17-9-10-20(13-15(17)2)14-16-7-5-4-6-8-16/h4-8,15,17,22H,3,9-14H2,1-2H3,(H,19,23). The maximum Gasteiger partial charge on any atom is 0.317 e. The van der Waals surface area contributed by atoms with Gasteiger partial charge in [-0.15, -0.1) is 0 Å². The summed E-state index contributed by atoms with van der Waals surface area (Å²) in [6, 6.07) is 10.7. The number of aliphatic hydroxyl groups excluding tert-OH is 1. The molecule has 0 aliphatic carbocycles. The Hall–Kier alpha value is -1.59. The van der Waals surface area contributed by atoms with Crippen LogP contribution in [0.1, 0.15) is 25.8 Å². The summed E-state index contributed by atoms with van der Waals surface area (Å²) in [5.74, 6) is 0.421. The minimum absolute atomic E-state index is 0.00628. The van der Waals surface area contributed by atoms with Gasteiger partial charge in [0, 0.05) is 38.8 Å². The molecule has 23 heavy (non-hydrogen) atoms. The van der Waals surface area contributed by atoms with Crippen molar-refractivity contribution in [1.29, 1.82) is 0 Å². The Morgan fingerprint density at radius 3 is 2.74 bits per heavy atom. The van der Waals surface area contributed by atoms with E-state index >= 15 is 0 Å². The van der Waals surface area contributed by atoms with Gasteiger partial charge in [0.1, 0.15) is 0 Å². The normalized spacial score (nSPS) is 21.9. The minimum atomic E-state index is -0.0603. The van der Waals surface area contributed by atoms with Gasteiger partial charge in [-0.25, -0.2) is 4.79 Å². The van der Waals surface area contributed by atoms with E-state index in [1.165, 1.54) is 5.56 Å². The molecule has 2 rings (SSSR count). The number of rotatable bonds is 6. The summed E-state index contributed by atoms with van der Waals surface area (Å²) in [6.45, 7) is 8.11. The summed E-state index contributed by atoms with van der Waals surface area (Å²) >= 11 is 0. The molecule has 1 aromatic rings. The van der Waals surface area contributed by atoms with Crippen molar-refractivity contribution >= 4 is 6.03 Å². The van der Waals surface area contributed by atoms with Crippen LogP contribution in [0.4, 0.5) is 4.79 Å². The lowest BCUT2D eigenvalue weighted by Gasteiger charge is -2.38. The van der Waals surface area contributed by atoms with E-state index in [1.807, 2.05) is 13.0 Å². The summed E-state index contributed by atoms with van der Waals surface area (Å²) in [5, 5.41) is 12.2. The van der Waals surface area contributed by atoms with Crippen LogP contribution in [0.5, 0.6) is 0 Å². The van der Waals surface area contributed by atoms with Gasteiger partial charge in [0.05, 0.1) is 6.61 Å². The van der Waals surface area contributed by atoms with Crippen molar-refractivity contribution in [3.63, 3.8) is 0 Å². The minimum Gasteiger partial charge on any atom is -0.395 e. The number of hydrogen-bond donors (Lipinski definition) is 2. The Morgan fingerprint density at radius 1 is 1.39 bits per heavy atom. The van der Waals surface area contributed by atoms with E-state index in [4.69, 9.17) is 5.11 Å². The molecule has 2 unspecified atom stereocenters. The molecule has 1 fully saturated rings. The van der Waals surface area contributed by atoms with Crippen LogP contribution in [0.25, 0.3) is 0 Å². The van der Waals surface area contributed by atoms with E-state index in [9.17, 15) is 4.79 Å². The Balaban J connectivity index is 1.83. The lowest BCUT2D eigenvalue weighted by molar-refractivity contribution is 0.131. The summed E-state index contributed by atoms with van der Waals surface area (Å²) in [7, 11) is 0. The quantitative estimate of drug-likeness (QED) is 0.842. The molecule has 0 radical (unpaired) electrons. The molecule has 1 aliphatic heterocycles. The van der Waals surface area contributed by atoms with Gasteiger partial charge < -0.3 is 15.3 Å². The molecule has 1 aliphatic rings. The fraction of sp³-hybridized carbons (Fsp3) is 0.611. The molecule has 0 spiro atoms. The molecule has 128 valence electrons. The number of amides is 2. The average Bonchev–Trinajstić information content (AvgIpc) is 2.56. The van der Waals surface area contributed by atoms with Crippen molar-refractivity contribution in [2.75, 3.05) is 32.8 Å². The highest BCUT2D eigenvalue weighted by Gasteiger charge is 2.28. The van der Waals surface area contributed by atoms with Crippen LogP contribution >= 0.6 is 0 Å². The molecule has 2 amide bonds. The van der Waals surface area contributed by atoms with Gasteiger partial charge in [0.15, 0.2) is 0 Å². The number of likely N-dealkylation sites (tertiary alicyclic amines) is 1. The van der Waals surface area contributed by atoms with Gasteiger partial charge in [0.2, 0.25) is 0 Å². The molecule has 2 atom stereocenters.